The molecule has 2 aromatic rings. The lowest BCUT2D eigenvalue weighted by Crippen LogP contribution is -2.42. The number of amides is 1. The van der Waals surface area contributed by atoms with Gasteiger partial charge in [0.15, 0.2) is 5.58 Å². The average molecular weight is 464 g/mol. The van der Waals surface area contributed by atoms with Gasteiger partial charge < -0.3 is 9.73 Å². The Balaban J connectivity index is 1.54. The summed E-state index contributed by atoms with van der Waals surface area (Å²) in [6.07, 6.45) is 7.52. The molecule has 2 aliphatic rings. The summed E-state index contributed by atoms with van der Waals surface area (Å²) in [5.74, 6) is -0.299. The number of nitrogens with zero attached hydrogens (tertiary/aromatic N) is 2. The van der Waals surface area contributed by atoms with Crippen LogP contribution in [0.15, 0.2) is 32.3 Å². The van der Waals surface area contributed by atoms with Gasteiger partial charge in [0.05, 0.1) is 10.4 Å². The number of sulfonamides is 1. The fraction of sp³-hybridized carbons (Fsp3) is 0.652. The topological polar surface area (TPSA) is 102 Å². The van der Waals surface area contributed by atoms with Crippen LogP contribution in [0.2, 0.25) is 0 Å². The highest BCUT2D eigenvalue weighted by Crippen LogP contribution is 2.28. The van der Waals surface area contributed by atoms with Gasteiger partial charge in [0.25, 0.3) is 0 Å². The molecule has 32 heavy (non-hydrogen) atoms. The van der Waals surface area contributed by atoms with Crippen molar-refractivity contribution in [1.29, 1.82) is 0 Å². The molecule has 1 saturated carbocycles. The third kappa shape index (κ3) is 4.93. The zero-order chi connectivity index (χ0) is 22.9. The molecule has 0 bridgehead atoms. The molecule has 1 aliphatic heterocycles. The third-order valence-electron chi connectivity index (χ3n) is 6.63. The first-order valence-electron chi connectivity index (χ1n) is 11.7. The van der Waals surface area contributed by atoms with Gasteiger partial charge in [-0.2, -0.15) is 4.31 Å². The van der Waals surface area contributed by atoms with Crippen LogP contribution in [0.3, 0.4) is 0 Å². The Morgan fingerprint density at radius 3 is 2.41 bits per heavy atom. The highest BCUT2D eigenvalue weighted by Gasteiger charge is 2.32. The summed E-state index contributed by atoms with van der Waals surface area (Å²) in [6, 6.07) is 4.60. The highest BCUT2D eigenvalue weighted by atomic mass is 32.2. The maximum atomic E-state index is 13.2. The number of piperidine rings is 1. The predicted octanol–water partition coefficient (Wildman–Crippen LogP) is 3.10. The van der Waals surface area contributed by atoms with E-state index in [9.17, 15) is 18.0 Å². The fourth-order valence-electron chi connectivity index (χ4n) is 5.15. The largest absolute Gasteiger partial charge is 0.420 e. The van der Waals surface area contributed by atoms with Crippen LogP contribution in [-0.2, 0) is 21.4 Å². The van der Waals surface area contributed by atoms with Crippen LogP contribution in [0.4, 0.5) is 0 Å². The standard InChI is InChI=1S/C23H33N3O5S/c1-16-11-17(2)14-25(13-16)32(29,30)19-9-10-20-21(12-19)31-23(28)26(20)15-22(27)24-18-7-5-3-4-6-8-18/h9-10,12,16-18H,3-8,11,13-15H2,1-2H3,(H,24,27)/t16-,17-/m1/s1. The molecule has 1 N–H and O–H groups in total. The zero-order valence-corrected chi connectivity index (χ0v) is 19.7. The molecule has 1 saturated heterocycles. The van der Waals surface area contributed by atoms with Crippen molar-refractivity contribution >= 4 is 27.0 Å². The van der Waals surface area contributed by atoms with Crippen LogP contribution in [-0.4, -0.2) is 42.3 Å². The van der Waals surface area contributed by atoms with E-state index >= 15 is 0 Å². The van der Waals surface area contributed by atoms with E-state index in [4.69, 9.17) is 4.42 Å². The molecule has 1 aromatic carbocycles. The van der Waals surface area contributed by atoms with Gasteiger partial charge >= 0.3 is 5.76 Å². The van der Waals surface area contributed by atoms with Gasteiger partial charge in [-0.05, 0) is 43.2 Å². The first-order valence-corrected chi connectivity index (χ1v) is 13.1. The lowest BCUT2D eigenvalue weighted by atomic mass is 9.94. The number of carbonyl (C=O) groups is 1. The maximum absolute atomic E-state index is 13.2. The molecule has 1 aliphatic carbocycles. The van der Waals surface area contributed by atoms with Crippen molar-refractivity contribution in [3.05, 3.63) is 28.7 Å². The van der Waals surface area contributed by atoms with E-state index in [0.29, 0.717) is 30.4 Å². The molecule has 9 heteroatoms. The number of hydrogen-bond acceptors (Lipinski definition) is 5. The molecular weight excluding hydrogens is 430 g/mol. The van der Waals surface area contributed by atoms with E-state index in [0.717, 1.165) is 32.1 Å². The molecule has 0 unspecified atom stereocenters. The molecular formula is C23H33N3O5S. The summed E-state index contributed by atoms with van der Waals surface area (Å²) in [5, 5.41) is 3.03. The van der Waals surface area contributed by atoms with Gasteiger partial charge in [0, 0.05) is 25.2 Å². The Hall–Kier alpha value is -2.13. The predicted molar refractivity (Wildman–Crippen MR) is 122 cm³/mol. The summed E-state index contributed by atoms with van der Waals surface area (Å²) in [6.45, 7) is 4.94. The van der Waals surface area contributed by atoms with Gasteiger partial charge in [-0.3, -0.25) is 9.36 Å². The second kappa shape index (κ2) is 9.39. The second-order valence-corrected chi connectivity index (χ2v) is 11.5. The monoisotopic (exact) mass is 463 g/mol. The smallest absolute Gasteiger partial charge is 0.408 e. The lowest BCUT2D eigenvalue weighted by Gasteiger charge is -2.34. The molecule has 2 fully saturated rings. The lowest BCUT2D eigenvalue weighted by molar-refractivity contribution is -0.122. The summed E-state index contributed by atoms with van der Waals surface area (Å²) in [5.41, 5.74) is 0.599. The number of carbonyl (C=O) groups excluding carboxylic acids is 1. The van der Waals surface area contributed by atoms with Gasteiger partial charge in [-0.15, -0.1) is 0 Å². The number of hydrogen-bond donors (Lipinski definition) is 1. The number of aromatic nitrogens is 1. The van der Waals surface area contributed by atoms with Gasteiger partial charge in [0.2, 0.25) is 15.9 Å². The van der Waals surface area contributed by atoms with Crippen molar-refractivity contribution in [2.75, 3.05) is 13.1 Å². The SMILES string of the molecule is C[C@@H]1C[C@@H](C)CN(S(=O)(=O)c2ccc3c(c2)oc(=O)n3CC(=O)NC2CCCCCC2)C1. The summed E-state index contributed by atoms with van der Waals surface area (Å²) in [7, 11) is -3.69. The quantitative estimate of drug-likeness (QED) is 0.687. The molecule has 1 amide bonds. The second-order valence-electron chi connectivity index (χ2n) is 9.61. The first kappa shape index (κ1) is 23.0. The van der Waals surface area contributed by atoms with Crippen LogP contribution in [0.5, 0.6) is 0 Å². The van der Waals surface area contributed by atoms with E-state index < -0.39 is 15.8 Å². The van der Waals surface area contributed by atoms with Crippen LogP contribution >= 0.6 is 0 Å². The van der Waals surface area contributed by atoms with E-state index in [-0.39, 0.29) is 29.0 Å². The van der Waals surface area contributed by atoms with Crippen molar-refractivity contribution in [2.24, 2.45) is 11.8 Å². The molecule has 2 atom stereocenters. The Kier molecular flexibility index (Phi) is 6.76. The van der Waals surface area contributed by atoms with Gasteiger partial charge in [0.1, 0.15) is 6.54 Å². The minimum atomic E-state index is -3.69. The third-order valence-corrected chi connectivity index (χ3v) is 8.46. The fourth-order valence-corrected chi connectivity index (χ4v) is 6.84. The number of rotatable bonds is 5. The molecule has 176 valence electrons. The van der Waals surface area contributed by atoms with E-state index in [1.165, 1.54) is 33.8 Å². The normalized spacial score (nSPS) is 23.8. The van der Waals surface area contributed by atoms with Crippen molar-refractivity contribution in [1.82, 2.24) is 14.2 Å². The average Bonchev–Trinajstić information content (AvgIpc) is 2.88. The Morgan fingerprint density at radius 2 is 1.75 bits per heavy atom. The Bertz CT molecular complexity index is 1120. The van der Waals surface area contributed by atoms with Crippen LogP contribution < -0.4 is 11.1 Å². The van der Waals surface area contributed by atoms with E-state index in [1.54, 1.807) is 6.07 Å². The number of benzene rings is 1. The van der Waals surface area contributed by atoms with Crippen molar-refractivity contribution in [3.8, 4) is 0 Å². The molecule has 8 nitrogen and oxygen atoms in total. The highest BCUT2D eigenvalue weighted by molar-refractivity contribution is 7.89. The molecule has 0 radical (unpaired) electrons. The summed E-state index contributed by atoms with van der Waals surface area (Å²) >= 11 is 0. The minimum absolute atomic E-state index is 0.107. The summed E-state index contributed by atoms with van der Waals surface area (Å²) in [4.78, 5) is 25.1. The van der Waals surface area contributed by atoms with Crippen LogP contribution in [0, 0.1) is 11.8 Å². The number of fused-ring (bicyclic) bond motifs is 1. The first-order chi connectivity index (χ1) is 15.2. The van der Waals surface area contributed by atoms with Crippen LogP contribution in [0.25, 0.3) is 11.1 Å². The maximum Gasteiger partial charge on any atom is 0.420 e. The minimum Gasteiger partial charge on any atom is -0.408 e. The van der Waals surface area contributed by atoms with Gasteiger partial charge in [-0.1, -0.05) is 39.5 Å². The van der Waals surface area contributed by atoms with E-state index in [1.807, 2.05) is 0 Å². The van der Waals surface area contributed by atoms with Crippen molar-refractivity contribution in [2.45, 2.75) is 76.3 Å². The van der Waals surface area contributed by atoms with E-state index in [2.05, 4.69) is 19.2 Å². The zero-order valence-electron chi connectivity index (χ0n) is 18.9. The van der Waals surface area contributed by atoms with Gasteiger partial charge in [-0.25, -0.2) is 13.2 Å². The Labute approximate surface area is 189 Å². The van der Waals surface area contributed by atoms with Crippen LogP contribution in [0.1, 0.15) is 58.8 Å². The van der Waals surface area contributed by atoms with Crippen molar-refractivity contribution in [3.63, 3.8) is 0 Å². The molecule has 1 aromatic heterocycles. The number of oxazole rings is 1. The molecule has 0 spiro atoms. The Morgan fingerprint density at radius 1 is 1.09 bits per heavy atom. The molecule has 2 heterocycles. The van der Waals surface area contributed by atoms with Crippen molar-refractivity contribution < 1.29 is 17.6 Å². The molecule has 4 rings (SSSR count). The number of nitrogens with one attached hydrogen (secondary N) is 1. The summed E-state index contributed by atoms with van der Waals surface area (Å²) < 4.78 is 34.5.